The van der Waals surface area contributed by atoms with E-state index in [1.54, 1.807) is 11.3 Å². The van der Waals surface area contributed by atoms with Crippen LogP contribution in [0, 0.1) is 0 Å². The highest BCUT2D eigenvalue weighted by molar-refractivity contribution is 7.11. The normalized spacial score (nSPS) is 10.8. The van der Waals surface area contributed by atoms with Gasteiger partial charge in [-0.15, -0.1) is 11.3 Å². The number of aryl methyl sites for hydroxylation is 1. The Morgan fingerprint density at radius 1 is 1.17 bits per heavy atom. The van der Waals surface area contributed by atoms with Gasteiger partial charge in [0.25, 0.3) is 0 Å². The fourth-order valence-electron chi connectivity index (χ4n) is 1.70. The van der Waals surface area contributed by atoms with Gasteiger partial charge in [-0.05, 0) is 17.5 Å². The number of nitrogens with two attached hydrogens (primary N) is 1. The third-order valence-corrected chi connectivity index (χ3v) is 3.96. The van der Waals surface area contributed by atoms with Gasteiger partial charge in [-0.3, -0.25) is 0 Å². The molecule has 0 aliphatic rings. The van der Waals surface area contributed by atoms with Crippen molar-refractivity contribution in [2.45, 2.75) is 33.0 Å². The van der Waals surface area contributed by atoms with Crippen LogP contribution in [0.4, 0.5) is 0 Å². The van der Waals surface area contributed by atoms with E-state index >= 15 is 0 Å². The Kier molecular flexibility index (Phi) is 4.87. The quantitative estimate of drug-likeness (QED) is 0.840. The zero-order valence-electron chi connectivity index (χ0n) is 10.6. The minimum atomic E-state index is 0.604. The molecule has 2 rings (SSSR count). The lowest BCUT2D eigenvalue weighted by atomic mass is 10.1. The third-order valence-electron chi connectivity index (χ3n) is 2.81. The lowest BCUT2D eigenvalue weighted by Gasteiger charge is -2.04. The summed E-state index contributed by atoms with van der Waals surface area (Å²) in [6.45, 7) is 4.46. The van der Waals surface area contributed by atoms with E-state index in [9.17, 15) is 0 Å². The van der Waals surface area contributed by atoms with Crippen LogP contribution in [-0.4, -0.2) is 4.98 Å². The van der Waals surface area contributed by atoms with Crippen molar-refractivity contribution in [2.24, 2.45) is 5.73 Å². The smallest absolute Gasteiger partial charge is 0.107 e. The van der Waals surface area contributed by atoms with Crippen LogP contribution in [0.2, 0.25) is 0 Å². The monoisotopic (exact) mass is 261 g/mol. The van der Waals surface area contributed by atoms with E-state index in [0.29, 0.717) is 6.54 Å². The second-order valence-electron chi connectivity index (χ2n) is 4.20. The van der Waals surface area contributed by atoms with Crippen molar-refractivity contribution in [3.63, 3.8) is 0 Å². The molecule has 0 aliphatic carbocycles. The molecule has 0 amide bonds. The van der Waals surface area contributed by atoms with E-state index < -0.39 is 0 Å². The summed E-state index contributed by atoms with van der Waals surface area (Å²) in [6.07, 6.45) is 3.04. The summed E-state index contributed by atoms with van der Waals surface area (Å²) in [6, 6.07) is 8.40. The summed E-state index contributed by atoms with van der Waals surface area (Å²) in [4.78, 5) is 5.73. The Hall–Kier alpha value is -1.23. The minimum absolute atomic E-state index is 0.604. The van der Waals surface area contributed by atoms with E-state index in [-0.39, 0.29) is 0 Å². The predicted molar refractivity (Wildman–Crippen MR) is 76.4 cm³/mol. The number of hydrogen-bond donors (Lipinski definition) is 2. The van der Waals surface area contributed by atoms with Crippen LogP contribution in [0.1, 0.15) is 27.9 Å². The molecule has 3 nitrogen and oxygen atoms in total. The van der Waals surface area contributed by atoms with Gasteiger partial charge < -0.3 is 11.1 Å². The van der Waals surface area contributed by atoms with Gasteiger partial charge in [0.15, 0.2) is 0 Å². The fourth-order valence-corrected chi connectivity index (χ4v) is 2.53. The average Bonchev–Trinajstić information content (AvgIpc) is 2.87. The molecule has 0 saturated carbocycles. The molecule has 0 saturated heterocycles. The van der Waals surface area contributed by atoms with Gasteiger partial charge in [0.2, 0.25) is 0 Å². The van der Waals surface area contributed by atoms with Crippen LogP contribution >= 0.6 is 11.3 Å². The average molecular weight is 261 g/mol. The lowest BCUT2D eigenvalue weighted by Crippen LogP contribution is -2.12. The summed E-state index contributed by atoms with van der Waals surface area (Å²) in [5, 5.41) is 4.57. The van der Waals surface area contributed by atoms with E-state index in [1.165, 1.54) is 16.0 Å². The molecule has 4 heteroatoms. The molecule has 0 radical (unpaired) electrons. The van der Waals surface area contributed by atoms with Gasteiger partial charge in [0, 0.05) is 30.7 Å². The van der Waals surface area contributed by atoms with Gasteiger partial charge in [0.1, 0.15) is 5.01 Å². The summed E-state index contributed by atoms with van der Waals surface area (Å²) < 4.78 is 0. The second kappa shape index (κ2) is 6.64. The molecular weight excluding hydrogens is 242 g/mol. The lowest BCUT2D eigenvalue weighted by molar-refractivity contribution is 0.689. The van der Waals surface area contributed by atoms with Crippen LogP contribution in [0.5, 0.6) is 0 Å². The minimum Gasteiger partial charge on any atom is -0.326 e. The standard InChI is InChI=1S/C14H19N3S/c1-2-13-9-17-14(18-13)10-16-8-12-5-3-11(7-15)4-6-12/h3-6,9,16H,2,7-8,10,15H2,1H3. The number of benzene rings is 1. The van der Waals surface area contributed by atoms with Crippen molar-refractivity contribution in [3.8, 4) is 0 Å². The first-order valence-corrected chi connectivity index (χ1v) is 7.05. The zero-order valence-corrected chi connectivity index (χ0v) is 11.5. The molecule has 0 spiro atoms. The van der Waals surface area contributed by atoms with E-state index in [2.05, 4.69) is 41.5 Å². The molecule has 3 N–H and O–H groups in total. The van der Waals surface area contributed by atoms with E-state index in [1.807, 2.05) is 6.20 Å². The molecule has 0 fully saturated rings. The molecular formula is C14H19N3S. The van der Waals surface area contributed by atoms with Gasteiger partial charge in [0.05, 0.1) is 0 Å². The second-order valence-corrected chi connectivity index (χ2v) is 5.40. The maximum Gasteiger partial charge on any atom is 0.107 e. The number of aromatic nitrogens is 1. The van der Waals surface area contributed by atoms with Crippen molar-refractivity contribution >= 4 is 11.3 Å². The molecule has 96 valence electrons. The molecule has 1 heterocycles. The zero-order chi connectivity index (χ0) is 12.8. The van der Waals surface area contributed by atoms with Crippen LogP contribution in [-0.2, 0) is 26.1 Å². The fraction of sp³-hybridized carbons (Fsp3) is 0.357. The van der Waals surface area contributed by atoms with E-state index in [4.69, 9.17) is 5.73 Å². The van der Waals surface area contributed by atoms with Crippen LogP contribution in [0.25, 0.3) is 0 Å². The third kappa shape index (κ3) is 3.63. The maximum absolute atomic E-state index is 5.57. The molecule has 0 atom stereocenters. The molecule has 18 heavy (non-hydrogen) atoms. The Bertz CT molecular complexity index is 476. The van der Waals surface area contributed by atoms with Gasteiger partial charge in [-0.25, -0.2) is 4.98 Å². The summed E-state index contributed by atoms with van der Waals surface area (Å²) in [7, 11) is 0. The number of nitrogens with zero attached hydrogens (tertiary/aromatic N) is 1. The Balaban J connectivity index is 1.80. The van der Waals surface area contributed by atoms with Crippen molar-refractivity contribution < 1.29 is 0 Å². The highest BCUT2D eigenvalue weighted by atomic mass is 32.1. The Morgan fingerprint density at radius 2 is 1.89 bits per heavy atom. The first-order chi connectivity index (χ1) is 8.81. The largest absolute Gasteiger partial charge is 0.326 e. The predicted octanol–water partition coefficient (Wildman–Crippen LogP) is 2.45. The van der Waals surface area contributed by atoms with Crippen molar-refractivity contribution in [2.75, 3.05) is 0 Å². The van der Waals surface area contributed by atoms with E-state index in [0.717, 1.165) is 24.5 Å². The summed E-state index contributed by atoms with van der Waals surface area (Å²) in [5.74, 6) is 0. The highest BCUT2D eigenvalue weighted by Crippen LogP contribution is 2.13. The maximum atomic E-state index is 5.57. The molecule has 1 aromatic heterocycles. The summed E-state index contributed by atoms with van der Waals surface area (Å²) in [5.41, 5.74) is 8.02. The molecule has 0 unspecified atom stereocenters. The van der Waals surface area contributed by atoms with Crippen molar-refractivity contribution in [1.82, 2.24) is 10.3 Å². The number of rotatable bonds is 6. The topological polar surface area (TPSA) is 50.9 Å². The number of thiazole rings is 1. The molecule has 1 aromatic carbocycles. The molecule has 2 aromatic rings. The first-order valence-electron chi connectivity index (χ1n) is 6.24. The Labute approximate surface area is 112 Å². The SMILES string of the molecule is CCc1cnc(CNCc2ccc(CN)cc2)s1. The van der Waals surface area contributed by atoms with Crippen LogP contribution in [0.3, 0.4) is 0 Å². The number of nitrogens with one attached hydrogen (secondary N) is 1. The highest BCUT2D eigenvalue weighted by Gasteiger charge is 2.00. The van der Waals surface area contributed by atoms with Crippen molar-refractivity contribution in [1.29, 1.82) is 0 Å². The van der Waals surface area contributed by atoms with Gasteiger partial charge >= 0.3 is 0 Å². The summed E-state index contributed by atoms with van der Waals surface area (Å²) >= 11 is 1.78. The molecule has 0 bridgehead atoms. The van der Waals surface area contributed by atoms with Gasteiger partial charge in [-0.2, -0.15) is 0 Å². The number of hydrogen-bond acceptors (Lipinski definition) is 4. The van der Waals surface area contributed by atoms with Crippen LogP contribution < -0.4 is 11.1 Å². The Morgan fingerprint density at radius 3 is 2.50 bits per heavy atom. The molecule has 0 aliphatic heterocycles. The van der Waals surface area contributed by atoms with Gasteiger partial charge in [-0.1, -0.05) is 31.2 Å². The van der Waals surface area contributed by atoms with Crippen molar-refractivity contribution in [3.05, 3.63) is 51.5 Å². The first kappa shape index (κ1) is 13.2. The van der Waals surface area contributed by atoms with Crippen LogP contribution in [0.15, 0.2) is 30.5 Å².